The van der Waals surface area contributed by atoms with Crippen molar-refractivity contribution in [1.29, 1.82) is 0 Å². The van der Waals surface area contributed by atoms with E-state index in [4.69, 9.17) is 14.9 Å². The first-order chi connectivity index (χ1) is 16.8. The quantitative estimate of drug-likeness (QED) is 0.284. The van der Waals surface area contributed by atoms with E-state index < -0.39 is 0 Å². The molecule has 1 saturated heterocycles. The molecular formula is C28H38N4O3. The first-order valence-electron chi connectivity index (χ1n) is 12.4. The van der Waals surface area contributed by atoms with E-state index in [0.717, 1.165) is 29.7 Å². The van der Waals surface area contributed by atoms with Gasteiger partial charge in [0.2, 0.25) is 5.89 Å². The normalized spacial score (nSPS) is 17.6. The second kappa shape index (κ2) is 12.5. The fraction of sp³-hybridized carbons (Fsp3) is 0.464. The SMILES string of the molecule is C=N/C(=C(\C=C(/N)C(=O)N1CCC[C@@H](OCc2ccccc2)C1)CC(C)C)c1nc(C(C)C)co1. The van der Waals surface area contributed by atoms with Crippen LogP contribution in [-0.4, -0.2) is 41.7 Å². The molecule has 2 aromatic rings. The Balaban J connectivity index is 1.77. The van der Waals surface area contributed by atoms with Gasteiger partial charge >= 0.3 is 0 Å². The molecule has 0 bridgehead atoms. The van der Waals surface area contributed by atoms with Gasteiger partial charge in [-0.05, 0) is 55.0 Å². The van der Waals surface area contributed by atoms with E-state index in [-0.39, 0.29) is 23.6 Å². The summed E-state index contributed by atoms with van der Waals surface area (Å²) in [6.07, 6.45) is 5.79. The van der Waals surface area contributed by atoms with Crippen molar-refractivity contribution >= 4 is 18.3 Å². The first-order valence-corrected chi connectivity index (χ1v) is 12.4. The number of nitrogens with zero attached hydrogens (tertiary/aromatic N) is 3. The molecule has 2 heterocycles. The lowest BCUT2D eigenvalue weighted by atomic mass is 9.99. The molecule has 0 saturated carbocycles. The number of amides is 1. The van der Waals surface area contributed by atoms with E-state index in [9.17, 15) is 4.79 Å². The fourth-order valence-electron chi connectivity index (χ4n) is 4.11. The Hall–Kier alpha value is -3.19. The fourth-order valence-corrected chi connectivity index (χ4v) is 4.11. The van der Waals surface area contributed by atoms with E-state index in [2.05, 4.69) is 30.5 Å². The summed E-state index contributed by atoms with van der Waals surface area (Å²) in [5, 5.41) is 0. The lowest BCUT2D eigenvalue weighted by Gasteiger charge is -2.32. The van der Waals surface area contributed by atoms with Gasteiger partial charge in [0.05, 0.1) is 24.1 Å². The molecule has 2 N–H and O–H groups in total. The number of hydrogen-bond acceptors (Lipinski definition) is 6. The van der Waals surface area contributed by atoms with Crippen LogP contribution in [0.3, 0.4) is 0 Å². The number of oxazole rings is 1. The number of carbonyl (C=O) groups is 1. The monoisotopic (exact) mass is 478 g/mol. The van der Waals surface area contributed by atoms with Gasteiger partial charge in [0.15, 0.2) is 0 Å². The van der Waals surface area contributed by atoms with Crippen LogP contribution in [0, 0.1) is 5.92 Å². The molecule has 0 radical (unpaired) electrons. The zero-order chi connectivity index (χ0) is 25.4. The van der Waals surface area contributed by atoms with Gasteiger partial charge in [0, 0.05) is 13.1 Å². The van der Waals surface area contributed by atoms with E-state index in [1.165, 1.54) is 0 Å². The van der Waals surface area contributed by atoms with Gasteiger partial charge < -0.3 is 19.8 Å². The standard InChI is InChI=1S/C28H38N4O3/c1-19(2)14-22(26(30-5)27-31-25(18-35-27)20(3)4)15-24(29)28(33)32-13-9-12-23(16-32)34-17-21-10-7-6-8-11-21/h6-8,10-11,15,18-20,23H,5,9,12-14,16-17,29H2,1-4H3/b24-15-,26-22-/t23-/m1/s1. The molecule has 1 aliphatic rings. The maximum atomic E-state index is 13.2. The highest BCUT2D eigenvalue weighted by Crippen LogP contribution is 2.28. The molecule has 0 unspecified atom stereocenters. The van der Waals surface area contributed by atoms with Crippen LogP contribution in [0.15, 0.2) is 63.4 Å². The smallest absolute Gasteiger partial charge is 0.269 e. The van der Waals surface area contributed by atoms with Gasteiger partial charge in [0.25, 0.3) is 5.91 Å². The number of rotatable bonds is 10. The van der Waals surface area contributed by atoms with Crippen molar-refractivity contribution < 1.29 is 13.9 Å². The number of nitrogens with two attached hydrogens (primary N) is 1. The molecule has 3 rings (SSSR count). The molecule has 1 aromatic heterocycles. The van der Waals surface area contributed by atoms with Crippen molar-refractivity contribution in [3.63, 3.8) is 0 Å². The van der Waals surface area contributed by atoms with E-state index in [1.54, 1.807) is 17.2 Å². The zero-order valence-electron chi connectivity index (χ0n) is 21.4. The number of likely N-dealkylation sites (tertiary alicyclic amines) is 1. The van der Waals surface area contributed by atoms with Crippen LogP contribution in [0.4, 0.5) is 0 Å². The van der Waals surface area contributed by atoms with Gasteiger partial charge in [-0.1, -0.05) is 58.0 Å². The summed E-state index contributed by atoms with van der Waals surface area (Å²) in [6, 6.07) is 10.1. The molecule has 0 aliphatic carbocycles. The molecule has 7 heteroatoms. The number of hydrogen-bond donors (Lipinski definition) is 1. The Kier molecular flexibility index (Phi) is 9.43. The Bertz CT molecular complexity index is 1050. The van der Waals surface area contributed by atoms with Crippen molar-refractivity contribution in [1.82, 2.24) is 9.88 Å². The molecule has 1 amide bonds. The van der Waals surface area contributed by atoms with Crippen LogP contribution in [0.2, 0.25) is 0 Å². The lowest BCUT2D eigenvalue weighted by molar-refractivity contribution is -0.131. The number of benzene rings is 1. The predicted octanol–water partition coefficient (Wildman–Crippen LogP) is 5.31. The highest BCUT2D eigenvalue weighted by Gasteiger charge is 2.26. The molecule has 35 heavy (non-hydrogen) atoms. The number of allylic oxidation sites excluding steroid dienone is 2. The van der Waals surface area contributed by atoms with E-state index in [0.29, 0.717) is 43.6 Å². The maximum absolute atomic E-state index is 13.2. The molecule has 7 nitrogen and oxygen atoms in total. The Labute approximate surface area is 208 Å². The van der Waals surface area contributed by atoms with Crippen molar-refractivity contribution in [2.45, 2.75) is 65.6 Å². The third-order valence-corrected chi connectivity index (χ3v) is 5.98. The van der Waals surface area contributed by atoms with E-state index in [1.807, 2.05) is 44.2 Å². The molecule has 1 fully saturated rings. The van der Waals surface area contributed by atoms with Crippen LogP contribution in [0.5, 0.6) is 0 Å². The Morgan fingerprint density at radius 1 is 1.31 bits per heavy atom. The van der Waals surface area contributed by atoms with Gasteiger partial charge in [-0.3, -0.25) is 9.79 Å². The predicted molar refractivity (Wildman–Crippen MR) is 140 cm³/mol. The Morgan fingerprint density at radius 3 is 2.69 bits per heavy atom. The minimum Gasteiger partial charge on any atom is -0.443 e. The average Bonchev–Trinajstić information content (AvgIpc) is 3.33. The largest absolute Gasteiger partial charge is 0.443 e. The van der Waals surface area contributed by atoms with Crippen molar-refractivity contribution in [2.24, 2.45) is 16.6 Å². The summed E-state index contributed by atoms with van der Waals surface area (Å²) in [5.74, 6) is 0.734. The van der Waals surface area contributed by atoms with Crippen molar-refractivity contribution in [3.05, 3.63) is 71.1 Å². The molecule has 1 aromatic carbocycles. The topological polar surface area (TPSA) is 94.0 Å². The van der Waals surface area contributed by atoms with Crippen LogP contribution >= 0.6 is 0 Å². The first kappa shape index (κ1) is 26.4. The molecule has 1 aliphatic heterocycles. The van der Waals surface area contributed by atoms with Crippen LogP contribution in [0.1, 0.15) is 70.0 Å². The van der Waals surface area contributed by atoms with Crippen LogP contribution in [-0.2, 0) is 16.1 Å². The number of carbonyl (C=O) groups excluding carboxylic acids is 1. The van der Waals surface area contributed by atoms with Crippen LogP contribution in [0.25, 0.3) is 5.70 Å². The number of aliphatic imine (C=N–C) groups is 1. The molecule has 0 spiro atoms. The summed E-state index contributed by atoms with van der Waals surface area (Å²) in [4.78, 5) is 23.8. The Morgan fingerprint density at radius 2 is 2.06 bits per heavy atom. The van der Waals surface area contributed by atoms with E-state index >= 15 is 0 Å². The molecule has 188 valence electrons. The highest BCUT2D eigenvalue weighted by molar-refractivity contribution is 5.93. The maximum Gasteiger partial charge on any atom is 0.269 e. The minimum atomic E-state index is -0.196. The summed E-state index contributed by atoms with van der Waals surface area (Å²) in [7, 11) is 0. The number of aromatic nitrogens is 1. The second-order valence-electron chi connectivity index (χ2n) is 9.77. The van der Waals surface area contributed by atoms with Gasteiger partial charge in [-0.15, -0.1) is 0 Å². The van der Waals surface area contributed by atoms with Crippen molar-refractivity contribution in [2.75, 3.05) is 13.1 Å². The summed E-state index contributed by atoms with van der Waals surface area (Å²) in [6.45, 7) is 13.7. The second-order valence-corrected chi connectivity index (χ2v) is 9.77. The molecule has 1 atom stereocenters. The van der Waals surface area contributed by atoms with Gasteiger partial charge in [0.1, 0.15) is 12.0 Å². The van der Waals surface area contributed by atoms with Gasteiger partial charge in [-0.25, -0.2) is 4.98 Å². The third kappa shape index (κ3) is 7.39. The summed E-state index contributed by atoms with van der Waals surface area (Å²) in [5.41, 5.74) is 9.77. The summed E-state index contributed by atoms with van der Waals surface area (Å²) < 4.78 is 11.8. The number of piperidine rings is 1. The average molecular weight is 479 g/mol. The summed E-state index contributed by atoms with van der Waals surface area (Å²) >= 11 is 0. The van der Waals surface area contributed by atoms with Gasteiger partial charge in [-0.2, -0.15) is 0 Å². The number of ether oxygens (including phenoxy) is 1. The third-order valence-electron chi connectivity index (χ3n) is 5.98. The minimum absolute atomic E-state index is 0.0152. The highest BCUT2D eigenvalue weighted by atomic mass is 16.5. The molecular weight excluding hydrogens is 440 g/mol. The van der Waals surface area contributed by atoms with Crippen molar-refractivity contribution in [3.8, 4) is 0 Å². The zero-order valence-corrected chi connectivity index (χ0v) is 21.4. The van der Waals surface area contributed by atoms with Crippen LogP contribution < -0.4 is 5.73 Å². The lowest BCUT2D eigenvalue weighted by Crippen LogP contribution is -2.44.